The molecule has 2 amide bonds. The maximum absolute atomic E-state index is 12.9. The Bertz CT molecular complexity index is 962. The fraction of sp³-hybridized carbons (Fsp3) is 0.318. The minimum absolute atomic E-state index is 0.138. The van der Waals surface area contributed by atoms with Gasteiger partial charge in [0.15, 0.2) is 5.82 Å². The number of halogens is 1. The van der Waals surface area contributed by atoms with Gasteiger partial charge in [-0.15, -0.1) is 0 Å². The van der Waals surface area contributed by atoms with E-state index in [1.807, 2.05) is 30.3 Å². The van der Waals surface area contributed by atoms with Crippen molar-refractivity contribution in [1.82, 2.24) is 20.4 Å². The molecule has 1 aliphatic heterocycles. The molecule has 2 aromatic carbocycles. The first kappa shape index (κ1) is 19.9. The van der Waals surface area contributed by atoms with Gasteiger partial charge in [-0.1, -0.05) is 35.5 Å². The van der Waals surface area contributed by atoms with Gasteiger partial charge in [0.1, 0.15) is 17.6 Å². The summed E-state index contributed by atoms with van der Waals surface area (Å²) < 4.78 is 23.9. The molecule has 156 valence electrons. The van der Waals surface area contributed by atoms with Gasteiger partial charge in [0.2, 0.25) is 5.89 Å². The first-order chi connectivity index (χ1) is 14.7. The highest BCUT2D eigenvalue weighted by Gasteiger charge is 2.34. The van der Waals surface area contributed by atoms with Crippen LogP contribution in [-0.4, -0.2) is 34.2 Å². The summed E-state index contributed by atoms with van der Waals surface area (Å²) >= 11 is 0. The molecule has 0 spiro atoms. The van der Waals surface area contributed by atoms with Crippen LogP contribution in [-0.2, 0) is 13.0 Å². The molecule has 7 nitrogen and oxygen atoms in total. The molecule has 3 aromatic rings. The molecule has 0 radical (unpaired) electrons. The van der Waals surface area contributed by atoms with E-state index < -0.39 is 0 Å². The van der Waals surface area contributed by atoms with Crippen LogP contribution in [0.3, 0.4) is 0 Å². The third-order valence-corrected chi connectivity index (χ3v) is 4.98. The van der Waals surface area contributed by atoms with Crippen molar-refractivity contribution in [3.63, 3.8) is 0 Å². The Balaban J connectivity index is 1.30. The number of hydrogen-bond donors (Lipinski definition) is 1. The first-order valence-electron chi connectivity index (χ1n) is 9.98. The zero-order valence-electron chi connectivity index (χ0n) is 16.5. The lowest BCUT2D eigenvalue weighted by Crippen LogP contribution is -2.39. The fourth-order valence-corrected chi connectivity index (χ4v) is 3.44. The molecule has 0 saturated carbocycles. The second-order valence-corrected chi connectivity index (χ2v) is 7.10. The number of likely N-dealkylation sites (tertiary alicyclic amines) is 1. The topological polar surface area (TPSA) is 80.5 Å². The predicted molar refractivity (Wildman–Crippen MR) is 107 cm³/mol. The van der Waals surface area contributed by atoms with Gasteiger partial charge in [0.05, 0.1) is 6.61 Å². The number of amides is 2. The summed E-state index contributed by atoms with van der Waals surface area (Å²) in [6.45, 7) is 1.46. The van der Waals surface area contributed by atoms with Crippen LogP contribution < -0.4 is 10.1 Å². The molecule has 1 N–H and O–H groups in total. The summed E-state index contributed by atoms with van der Waals surface area (Å²) in [6, 6.07) is 15.3. The fourth-order valence-electron chi connectivity index (χ4n) is 3.44. The summed E-state index contributed by atoms with van der Waals surface area (Å²) in [6.07, 6.45) is 2.12. The number of carbonyl (C=O) groups excluding carboxylic acids is 1. The molecule has 1 unspecified atom stereocenters. The number of carbonyl (C=O) groups is 1. The van der Waals surface area contributed by atoms with E-state index in [9.17, 15) is 9.18 Å². The average molecular weight is 410 g/mol. The maximum atomic E-state index is 12.9. The van der Waals surface area contributed by atoms with E-state index in [0.717, 1.165) is 18.4 Å². The number of hydrogen-bond acceptors (Lipinski definition) is 5. The number of benzene rings is 2. The molecule has 4 rings (SSSR count). The van der Waals surface area contributed by atoms with E-state index in [0.29, 0.717) is 43.6 Å². The molecule has 1 fully saturated rings. The average Bonchev–Trinajstić information content (AvgIpc) is 3.44. The van der Waals surface area contributed by atoms with E-state index >= 15 is 0 Å². The van der Waals surface area contributed by atoms with Crippen LogP contribution in [0.4, 0.5) is 9.18 Å². The molecule has 0 bridgehead atoms. The van der Waals surface area contributed by atoms with Gasteiger partial charge in [0, 0.05) is 19.5 Å². The normalized spacial score (nSPS) is 15.9. The molecule has 1 aliphatic rings. The van der Waals surface area contributed by atoms with Crippen molar-refractivity contribution in [2.45, 2.75) is 31.8 Å². The van der Waals surface area contributed by atoms with E-state index in [1.54, 1.807) is 17.0 Å². The predicted octanol–water partition coefficient (Wildman–Crippen LogP) is 3.88. The van der Waals surface area contributed by atoms with E-state index in [4.69, 9.17) is 9.26 Å². The Morgan fingerprint density at radius 2 is 2.00 bits per heavy atom. The minimum Gasteiger partial charge on any atom is -0.493 e. The number of ether oxygens (including phenoxy) is 1. The Morgan fingerprint density at radius 3 is 2.80 bits per heavy atom. The number of nitrogens with one attached hydrogen (secondary N) is 1. The molecule has 2 heterocycles. The lowest BCUT2D eigenvalue weighted by molar-refractivity contribution is 0.180. The van der Waals surface area contributed by atoms with Crippen molar-refractivity contribution in [3.05, 3.63) is 77.7 Å². The smallest absolute Gasteiger partial charge is 0.318 e. The van der Waals surface area contributed by atoms with Gasteiger partial charge >= 0.3 is 6.03 Å². The quantitative estimate of drug-likeness (QED) is 0.639. The molecule has 1 atom stereocenters. The number of urea groups is 1. The van der Waals surface area contributed by atoms with Crippen LogP contribution in [0.2, 0.25) is 0 Å². The van der Waals surface area contributed by atoms with Crippen molar-refractivity contribution >= 4 is 6.03 Å². The summed E-state index contributed by atoms with van der Waals surface area (Å²) in [7, 11) is 0. The standard InChI is InChI=1S/C22H23FN4O3/c23-17-8-10-18(11-9-17)29-14-12-20-25-21(30-26-20)19-7-4-13-27(19)22(28)24-15-16-5-2-1-3-6-16/h1-3,5-6,8-11,19H,4,7,12-15H2,(H,24,28). The molecule has 0 aliphatic carbocycles. The van der Waals surface area contributed by atoms with Crippen molar-refractivity contribution in [2.24, 2.45) is 0 Å². The van der Waals surface area contributed by atoms with Crippen molar-refractivity contribution in [3.8, 4) is 5.75 Å². The minimum atomic E-state index is -0.306. The summed E-state index contributed by atoms with van der Waals surface area (Å²) in [5.74, 6) is 1.24. The molecular weight excluding hydrogens is 387 g/mol. The molecule has 8 heteroatoms. The van der Waals surface area contributed by atoms with Gasteiger partial charge in [-0.2, -0.15) is 4.98 Å². The Kier molecular flexibility index (Phi) is 6.22. The van der Waals surface area contributed by atoms with E-state index in [2.05, 4.69) is 15.5 Å². The molecular formula is C22H23FN4O3. The van der Waals surface area contributed by atoms with Gasteiger partial charge in [0.25, 0.3) is 0 Å². The lowest BCUT2D eigenvalue weighted by atomic mass is 10.2. The van der Waals surface area contributed by atoms with Crippen LogP contribution in [0.1, 0.15) is 36.2 Å². The molecule has 1 saturated heterocycles. The highest BCUT2D eigenvalue weighted by Crippen LogP contribution is 2.30. The maximum Gasteiger partial charge on any atom is 0.318 e. The zero-order chi connectivity index (χ0) is 20.8. The molecule has 30 heavy (non-hydrogen) atoms. The van der Waals surface area contributed by atoms with Gasteiger partial charge in [-0.3, -0.25) is 0 Å². The highest BCUT2D eigenvalue weighted by molar-refractivity contribution is 5.74. The summed E-state index contributed by atoms with van der Waals surface area (Å²) in [5.41, 5.74) is 1.04. The van der Waals surface area contributed by atoms with Crippen molar-refractivity contribution in [1.29, 1.82) is 0 Å². The van der Waals surface area contributed by atoms with Crippen LogP contribution in [0.5, 0.6) is 5.75 Å². The molecule has 1 aromatic heterocycles. The van der Waals surface area contributed by atoms with Crippen LogP contribution in [0, 0.1) is 5.82 Å². The SMILES string of the molecule is O=C(NCc1ccccc1)N1CCCC1c1nc(CCOc2ccc(F)cc2)no1. The van der Waals surface area contributed by atoms with Crippen molar-refractivity contribution < 1.29 is 18.4 Å². The van der Waals surface area contributed by atoms with Crippen LogP contribution in [0.25, 0.3) is 0 Å². The van der Waals surface area contributed by atoms with Gasteiger partial charge in [-0.05, 0) is 42.7 Å². The highest BCUT2D eigenvalue weighted by atomic mass is 19.1. The van der Waals surface area contributed by atoms with E-state index in [-0.39, 0.29) is 17.9 Å². The second kappa shape index (κ2) is 9.39. The van der Waals surface area contributed by atoms with Crippen LogP contribution >= 0.6 is 0 Å². The second-order valence-electron chi connectivity index (χ2n) is 7.10. The zero-order valence-corrected chi connectivity index (χ0v) is 16.5. The first-order valence-corrected chi connectivity index (χ1v) is 9.98. The largest absolute Gasteiger partial charge is 0.493 e. The Hall–Kier alpha value is -3.42. The number of aromatic nitrogens is 2. The lowest BCUT2D eigenvalue weighted by Gasteiger charge is -2.22. The Labute approximate surface area is 173 Å². The summed E-state index contributed by atoms with van der Waals surface area (Å²) in [5, 5.41) is 6.96. The third kappa shape index (κ3) is 4.94. The van der Waals surface area contributed by atoms with E-state index in [1.165, 1.54) is 12.1 Å². The Morgan fingerprint density at radius 1 is 1.20 bits per heavy atom. The van der Waals surface area contributed by atoms with Gasteiger partial charge in [-0.25, -0.2) is 9.18 Å². The third-order valence-electron chi connectivity index (χ3n) is 4.98. The van der Waals surface area contributed by atoms with Crippen molar-refractivity contribution in [2.75, 3.05) is 13.2 Å². The van der Waals surface area contributed by atoms with Gasteiger partial charge < -0.3 is 19.5 Å². The monoisotopic (exact) mass is 410 g/mol. The summed E-state index contributed by atoms with van der Waals surface area (Å²) in [4.78, 5) is 18.8. The number of nitrogens with zero attached hydrogens (tertiary/aromatic N) is 3. The van der Waals surface area contributed by atoms with Crippen LogP contribution in [0.15, 0.2) is 59.1 Å². The number of rotatable bonds is 7.